The van der Waals surface area contributed by atoms with Crippen LogP contribution in [0.3, 0.4) is 0 Å². The van der Waals surface area contributed by atoms with Gasteiger partial charge in [0.05, 0.1) is 0 Å². The fourth-order valence-corrected chi connectivity index (χ4v) is 1.90. The molecule has 0 spiro atoms. The van der Waals surface area contributed by atoms with E-state index in [0.717, 1.165) is 26.2 Å². The van der Waals surface area contributed by atoms with Crippen LogP contribution >= 0.6 is 0 Å². The summed E-state index contributed by atoms with van der Waals surface area (Å²) in [5.41, 5.74) is 5.02. The summed E-state index contributed by atoms with van der Waals surface area (Å²) in [5, 5.41) is 6.42. The highest BCUT2D eigenvalue weighted by Gasteiger charge is 1.93. The van der Waals surface area contributed by atoms with Gasteiger partial charge in [0.15, 0.2) is 0 Å². The van der Waals surface area contributed by atoms with Gasteiger partial charge in [-0.25, -0.2) is 0 Å². The van der Waals surface area contributed by atoms with E-state index in [9.17, 15) is 4.79 Å². The van der Waals surface area contributed by atoms with Crippen molar-refractivity contribution in [2.45, 2.75) is 78.6 Å². The molecule has 0 aromatic heterocycles. The number of carbonyl (C=O) groups is 1. The zero-order valence-corrected chi connectivity index (χ0v) is 14.7. The van der Waals surface area contributed by atoms with Crippen LogP contribution in [0.5, 0.6) is 0 Å². The quantitative estimate of drug-likeness (QED) is 0.432. The van der Waals surface area contributed by atoms with Crippen LogP contribution in [0.2, 0.25) is 0 Å². The van der Waals surface area contributed by atoms with Gasteiger partial charge in [-0.05, 0) is 32.5 Å². The second-order valence-electron chi connectivity index (χ2n) is 5.44. The number of amides is 1. The molecule has 0 fully saturated rings. The fourth-order valence-electron chi connectivity index (χ4n) is 1.90. The molecule has 0 rings (SSSR count). The molecule has 0 unspecified atom stereocenters. The van der Waals surface area contributed by atoms with E-state index in [2.05, 4.69) is 31.4 Å². The normalized spacial score (nSPS) is 10.0. The topological polar surface area (TPSA) is 67.1 Å². The van der Waals surface area contributed by atoms with E-state index in [0.29, 0.717) is 6.42 Å². The van der Waals surface area contributed by atoms with Crippen molar-refractivity contribution in [3.8, 4) is 0 Å². The predicted octanol–water partition coefficient (Wildman–Crippen LogP) is 3.21. The number of primary amides is 1. The standard InChI is InChI=1S/C12H26N2O.C5H13N/c1-2-3-4-5-6-7-8-10-14-11-9-12(13)15;1-3-5-6-4-2/h14H,2-11H2,1H3,(H2,13,15);6H,3-5H2,1-2H3. The first-order valence-electron chi connectivity index (χ1n) is 8.88. The van der Waals surface area contributed by atoms with Crippen molar-refractivity contribution in [2.24, 2.45) is 5.73 Å². The number of unbranched alkanes of at least 4 members (excludes halogenated alkanes) is 6. The Labute approximate surface area is 132 Å². The molecular weight excluding hydrogens is 262 g/mol. The molecule has 0 atom stereocenters. The zero-order valence-electron chi connectivity index (χ0n) is 14.7. The largest absolute Gasteiger partial charge is 0.370 e. The van der Waals surface area contributed by atoms with Gasteiger partial charge >= 0.3 is 0 Å². The Kier molecular flexibility index (Phi) is 23.4. The Morgan fingerprint density at radius 1 is 0.762 bits per heavy atom. The molecule has 128 valence electrons. The van der Waals surface area contributed by atoms with Gasteiger partial charge in [0, 0.05) is 13.0 Å². The van der Waals surface area contributed by atoms with E-state index >= 15 is 0 Å². The third-order valence-electron chi connectivity index (χ3n) is 3.18. The Balaban J connectivity index is 0. The van der Waals surface area contributed by atoms with Crippen molar-refractivity contribution < 1.29 is 4.79 Å². The summed E-state index contributed by atoms with van der Waals surface area (Å²) >= 11 is 0. The first kappa shape index (κ1) is 22.7. The number of nitrogens with two attached hydrogens (primary N) is 1. The van der Waals surface area contributed by atoms with E-state index in [-0.39, 0.29) is 5.91 Å². The molecule has 0 radical (unpaired) electrons. The van der Waals surface area contributed by atoms with Gasteiger partial charge in [0.2, 0.25) is 5.91 Å². The molecule has 0 aliphatic heterocycles. The lowest BCUT2D eigenvalue weighted by Gasteiger charge is -2.03. The van der Waals surface area contributed by atoms with E-state index in [4.69, 9.17) is 5.73 Å². The van der Waals surface area contributed by atoms with Crippen molar-refractivity contribution in [1.82, 2.24) is 10.6 Å². The molecule has 0 bridgehead atoms. The highest BCUT2D eigenvalue weighted by molar-refractivity contribution is 5.73. The monoisotopic (exact) mass is 301 g/mol. The van der Waals surface area contributed by atoms with Crippen LogP contribution in [-0.2, 0) is 4.79 Å². The third kappa shape index (κ3) is 28.3. The molecule has 4 heteroatoms. The minimum atomic E-state index is -0.220. The lowest BCUT2D eigenvalue weighted by molar-refractivity contribution is -0.117. The van der Waals surface area contributed by atoms with Crippen LogP contribution < -0.4 is 16.4 Å². The van der Waals surface area contributed by atoms with Crippen molar-refractivity contribution in [3.63, 3.8) is 0 Å². The summed E-state index contributed by atoms with van der Waals surface area (Å²) in [7, 11) is 0. The minimum absolute atomic E-state index is 0.220. The molecule has 4 N–H and O–H groups in total. The highest BCUT2D eigenvalue weighted by Crippen LogP contribution is 2.06. The molecule has 0 aromatic carbocycles. The van der Waals surface area contributed by atoms with E-state index in [1.807, 2.05) is 0 Å². The van der Waals surface area contributed by atoms with Crippen molar-refractivity contribution in [1.29, 1.82) is 0 Å². The number of hydrogen-bond donors (Lipinski definition) is 3. The van der Waals surface area contributed by atoms with Crippen LogP contribution in [0.4, 0.5) is 0 Å². The maximum Gasteiger partial charge on any atom is 0.218 e. The van der Waals surface area contributed by atoms with Crippen molar-refractivity contribution >= 4 is 5.91 Å². The smallest absolute Gasteiger partial charge is 0.218 e. The van der Waals surface area contributed by atoms with Gasteiger partial charge in [-0.2, -0.15) is 0 Å². The first-order chi connectivity index (χ1) is 10.2. The van der Waals surface area contributed by atoms with E-state index in [1.165, 1.54) is 51.4 Å². The SMILES string of the molecule is CCCCCCCCCNCCC(N)=O.CCCNCC. The average Bonchev–Trinajstić information content (AvgIpc) is 2.47. The van der Waals surface area contributed by atoms with Crippen LogP contribution in [-0.4, -0.2) is 32.1 Å². The lowest BCUT2D eigenvalue weighted by atomic mass is 10.1. The van der Waals surface area contributed by atoms with Crippen LogP contribution in [0.1, 0.15) is 78.6 Å². The molecule has 0 saturated carbocycles. The maximum absolute atomic E-state index is 10.4. The van der Waals surface area contributed by atoms with Crippen molar-refractivity contribution in [2.75, 3.05) is 26.2 Å². The second-order valence-corrected chi connectivity index (χ2v) is 5.44. The summed E-state index contributed by atoms with van der Waals surface area (Å²) in [6.45, 7) is 10.5. The summed E-state index contributed by atoms with van der Waals surface area (Å²) in [5.74, 6) is -0.220. The van der Waals surface area contributed by atoms with Gasteiger partial charge in [0.25, 0.3) is 0 Å². The van der Waals surface area contributed by atoms with Gasteiger partial charge in [-0.1, -0.05) is 59.3 Å². The van der Waals surface area contributed by atoms with Crippen molar-refractivity contribution in [3.05, 3.63) is 0 Å². The van der Waals surface area contributed by atoms with Gasteiger partial charge < -0.3 is 16.4 Å². The summed E-state index contributed by atoms with van der Waals surface area (Å²) < 4.78 is 0. The first-order valence-corrected chi connectivity index (χ1v) is 8.88. The lowest BCUT2D eigenvalue weighted by Crippen LogP contribution is -2.22. The number of rotatable bonds is 14. The van der Waals surface area contributed by atoms with Gasteiger partial charge in [0.1, 0.15) is 0 Å². The summed E-state index contributed by atoms with van der Waals surface area (Å²) in [4.78, 5) is 10.4. The van der Waals surface area contributed by atoms with Gasteiger partial charge in [-0.15, -0.1) is 0 Å². The number of nitrogens with one attached hydrogen (secondary N) is 2. The van der Waals surface area contributed by atoms with E-state index < -0.39 is 0 Å². The average molecular weight is 302 g/mol. The molecule has 1 amide bonds. The van der Waals surface area contributed by atoms with Crippen LogP contribution in [0.25, 0.3) is 0 Å². The predicted molar refractivity (Wildman–Crippen MR) is 93.5 cm³/mol. The number of carbonyl (C=O) groups excluding carboxylic acids is 1. The minimum Gasteiger partial charge on any atom is -0.370 e. The molecule has 4 nitrogen and oxygen atoms in total. The maximum atomic E-state index is 10.4. The van der Waals surface area contributed by atoms with Crippen LogP contribution in [0, 0.1) is 0 Å². The Morgan fingerprint density at radius 2 is 1.38 bits per heavy atom. The second kappa shape index (κ2) is 21.7. The zero-order chi connectivity index (χ0) is 16.2. The number of hydrogen-bond acceptors (Lipinski definition) is 3. The molecular formula is C17H39N3O. The van der Waals surface area contributed by atoms with Crippen LogP contribution in [0.15, 0.2) is 0 Å². The Hall–Kier alpha value is -0.610. The Morgan fingerprint density at radius 3 is 1.86 bits per heavy atom. The third-order valence-corrected chi connectivity index (χ3v) is 3.18. The molecule has 0 aliphatic carbocycles. The molecule has 0 aliphatic rings. The molecule has 0 heterocycles. The van der Waals surface area contributed by atoms with Gasteiger partial charge in [-0.3, -0.25) is 4.79 Å². The fraction of sp³-hybridized carbons (Fsp3) is 0.941. The summed E-state index contributed by atoms with van der Waals surface area (Å²) in [6.07, 6.45) is 11.0. The van der Waals surface area contributed by atoms with E-state index in [1.54, 1.807) is 0 Å². The molecule has 0 aromatic rings. The highest BCUT2D eigenvalue weighted by atomic mass is 16.1. The molecule has 21 heavy (non-hydrogen) atoms. The molecule has 0 saturated heterocycles. The Bertz CT molecular complexity index is 194. The summed E-state index contributed by atoms with van der Waals surface area (Å²) in [6, 6.07) is 0.